The average Bonchev–Trinajstić information content (AvgIpc) is 2.98. The summed E-state index contributed by atoms with van der Waals surface area (Å²) >= 11 is 0. The lowest BCUT2D eigenvalue weighted by molar-refractivity contribution is 0.0260. The summed E-state index contributed by atoms with van der Waals surface area (Å²) in [4.78, 5) is 21.7. The van der Waals surface area contributed by atoms with E-state index in [4.69, 9.17) is 9.72 Å². The Morgan fingerprint density at radius 3 is 2.77 bits per heavy atom. The third-order valence-electron chi connectivity index (χ3n) is 6.37. The first-order chi connectivity index (χ1) is 12.6. The van der Waals surface area contributed by atoms with E-state index >= 15 is 0 Å². The van der Waals surface area contributed by atoms with Gasteiger partial charge >= 0.3 is 6.09 Å². The number of likely N-dealkylation sites (tertiary alicyclic amines) is 1. The Hall–Kier alpha value is -1.62. The fourth-order valence-corrected chi connectivity index (χ4v) is 4.79. The van der Waals surface area contributed by atoms with Crippen molar-refractivity contribution in [3.63, 3.8) is 0 Å². The molecule has 1 unspecified atom stereocenters. The normalized spacial score (nSPS) is 26.5. The molecule has 4 rings (SSSR count). The van der Waals surface area contributed by atoms with Crippen LogP contribution in [0.2, 0.25) is 0 Å². The first-order valence-corrected chi connectivity index (χ1v) is 10.3. The summed E-state index contributed by atoms with van der Waals surface area (Å²) in [6.07, 6.45) is 7.70. The molecular weight excluding hydrogens is 326 g/mol. The van der Waals surface area contributed by atoms with Crippen molar-refractivity contribution in [2.45, 2.75) is 76.4 Å². The second kappa shape index (κ2) is 7.18. The maximum atomic E-state index is 12.5. The highest BCUT2D eigenvalue weighted by atomic mass is 16.6. The maximum absolute atomic E-state index is 12.5. The molecular formula is C21H31N3O2. The van der Waals surface area contributed by atoms with Crippen molar-refractivity contribution in [2.75, 3.05) is 24.5 Å². The van der Waals surface area contributed by atoms with Gasteiger partial charge in [-0.1, -0.05) is 12.5 Å². The molecule has 1 aliphatic carbocycles. The SMILES string of the molecule is CC(C)N1CCCC(c2cccc(N3CC4(CCCCC4)OC3=O)n2)C1. The van der Waals surface area contributed by atoms with E-state index in [1.165, 1.54) is 25.8 Å². The molecule has 1 atom stereocenters. The van der Waals surface area contributed by atoms with Crippen LogP contribution in [0.5, 0.6) is 0 Å². The number of piperidine rings is 1. The van der Waals surface area contributed by atoms with E-state index in [9.17, 15) is 4.79 Å². The van der Waals surface area contributed by atoms with E-state index in [0.717, 1.165) is 43.7 Å². The van der Waals surface area contributed by atoms with Crippen LogP contribution in [0.4, 0.5) is 10.6 Å². The van der Waals surface area contributed by atoms with Crippen molar-refractivity contribution in [1.82, 2.24) is 9.88 Å². The van der Waals surface area contributed by atoms with Gasteiger partial charge in [0.2, 0.25) is 0 Å². The summed E-state index contributed by atoms with van der Waals surface area (Å²) in [5, 5.41) is 0. The number of aromatic nitrogens is 1. The van der Waals surface area contributed by atoms with Crippen LogP contribution in [0.1, 0.15) is 70.4 Å². The lowest BCUT2D eigenvalue weighted by Gasteiger charge is -2.35. The van der Waals surface area contributed by atoms with Gasteiger partial charge in [0.05, 0.1) is 6.54 Å². The molecule has 1 saturated carbocycles. The third-order valence-corrected chi connectivity index (χ3v) is 6.37. The van der Waals surface area contributed by atoms with Crippen molar-refractivity contribution in [3.05, 3.63) is 23.9 Å². The van der Waals surface area contributed by atoms with Crippen LogP contribution in [0.15, 0.2) is 18.2 Å². The lowest BCUT2D eigenvalue weighted by Crippen LogP contribution is -2.39. The quantitative estimate of drug-likeness (QED) is 0.808. The van der Waals surface area contributed by atoms with Gasteiger partial charge in [-0.05, 0) is 71.0 Å². The number of rotatable bonds is 3. The smallest absolute Gasteiger partial charge is 0.416 e. The minimum Gasteiger partial charge on any atom is -0.441 e. The summed E-state index contributed by atoms with van der Waals surface area (Å²) in [5.41, 5.74) is 0.844. The van der Waals surface area contributed by atoms with Gasteiger partial charge in [-0.25, -0.2) is 9.78 Å². The fraction of sp³-hybridized carbons (Fsp3) is 0.714. The number of nitrogens with zero attached hydrogens (tertiary/aromatic N) is 3. The minimum atomic E-state index is -0.272. The van der Waals surface area contributed by atoms with Crippen molar-refractivity contribution < 1.29 is 9.53 Å². The van der Waals surface area contributed by atoms with Crippen LogP contribution < -0.4 is 4.90 Å². The molecule has 1 spiro atoms. The second-order valence-corrected chi connectivity index (χ2v) is 8.55. The minimum absolute atomic E-state index is 0.219. The summed E-state index contributed by atoms with van der Waals surface area (Å²) in [5.74, 6) is 1.21. The predicted molar refractivity (Wildman–Crippen MR) is 103 cm³/mol. The van der Waals surface area contributed by atoms with Crippen molar-refractivity contribution in [1.29, 1.82) is 0 Å². The molecule has 5 heteroatoms. The highest BCUT2D eigenvalue weighted by Gasteiger charge is 2.46. The Bertz CT molecular complexity index is 654. The Labute approximate surface area is 156 Å². The molecule has 1 amide bonds. The fourth-order valence-electron chi connectivity index (χ4n) is 4.79. The highest BCUT2D eigenvalue weighted by molar-refractivity contribution is 5.89. The zero-order chi connectivity index (χ0) is 18.1. The van der Waals surface area contributed by atoms with Crippen LogP contribution in [0.3, 0.4) is 0 Å². The highest BCUT2D eigenvalue weighted by Crippen LogP contribution is 2.38. The van der Waals surface area contributed by atoms with Crippen LogP contribution in [0.25, 0.3) is 0 Å². The predicted octanol–water partition coefficient (Wildman–Crippen LogP) is 4.33. The van der Waals surface area contributed by atoms with Crippen molar-refractivity contribution in [3.8, 4) is 0 Å². The molecule has 3 aliphatic rings. The Morgan fingerprint density at radius 1 is 1.19 bits per heavy atom. The van der Waals surface area contributed by atoms with Gasteiger partial charge < -0.3 is 9.64 Å². The van der Waals surface area contributed by atoms with Crippen LogP contribution in [0, 0.1) is 0 Å². The number of anilines is 1. The topological polar surface area (TPSA) is 45.7 Å². The molecule has 26 heavy (non-hydrogen) atoms. The van der Waals surface area contributed by atoms with E-state index in [-0.39, 0.29) is 11.7 Å². The zero-order valence-electron chi connectivity index (χ0n) is 16.1. The van der Waals surface area contributed by atoms with Gasteiger partial charge in [0.25, 0.3) is 0 Å². The maximum Gasteiger partial charge on any atom is 0.416 e. The van der Waals surface area contributed by atoms with E-state index in [1.54, 1.807) is 4.90 Å². The van der Waals surface area contributed by atoms with Gasteiger partial charge in [0, 0.05) is 24.2 Å². The molecule has 142 valence electrons. The van der Waals surface area contributed by atoms with Crippen molar-refractivity contribution in [2.24, 2.45) is 0 Å². The first kappa shape index (κ1) is 17.8. The molecule has 0 bridgehead atoms. The van der Waals surface area contributed by atoms with Crippen LogP contribution >= 0.6 is 0 Å². The number of hydrogen-bond acceptors (Lipinski definition) is 4. The number of hydrogen-bond donors (Lipinski definition) is 0. The van der Waals surface area contributed by atoms with Gasteiger partial charge in [-0.15, -0.1) is 0 Å². The Balaban J connectivity index is 1.51. The van der Waals surface area contributed by atoms with E-state index in [2.05, 4.69) is 24.8 Å². The van der Waals surface area contributed by atoms with Gasteiger partial charge in [-0.3, -0.25) is 4.90 Å². The van der Waals surface area contributed by atoms with E-state index < -0.39 is 0 Å². The molecule has 0 aromatic carbocycles. The molecule has 1 aromatic rings. The van der Waals surface area contributed by atoms with Gasteiger partial charge in [0.15, 0.2) is 0 Å². The molecule has 0 radical (unpaired) electrons. The molecule has 2 aliphatic heterocycles. The molecule has 2 saturated heterocycles. The largest absolute Gasteiger partial charge is 0.441 e. The number of carbonyl (C=O) groups excluding carboxylic acids is 1. The van der Waals surface area contributed by atoms with Gasteiger partial charge in [0.1, 0.15) is 11.4 Å². The summed E-state index contributed by atoms with van der Waals surface area (Å²) in [6.45, 7) is 7.41. The summed E-state index contributed by atoms with van der Waals surface area (Å²) in [7, 11) is 0. The zero-order valence-corrected chi connectivity index (χ0v) is 16.1. The first-order valence-electron chi connectivity index (χ1n) is 10.3. The van der Waals surface area contributed by atoms with Crippen molar-refractivity contribution >= 4 is 11.9 Å². The molecule has 1 aromatic heterocycles. The monoisotopic (exact) mass is 357 g/mol. The molecule has 0 N–H and O–H groups in total. The third kappa shape index (κ3) is 3.46. The van der Waals surface area contributed by atoms with Crippen LogP contribution in [-0.2, 0) is 4.74 Å². The number of amides is 1. The number of pyridine rings is 1. The number of ether oxygens (including phenoxy) is 1. The number of carbonyl (C=O) groups is 1. The molecule has 3 fully saturated rings. The standard InChI is InChI=1S/C21H31N3O2/c1-16(2)23-13-7-8-17(14-23)18-9-6-10-19(22-18)24-15-21(26-20(24)25)11-4-3-5-12-21/h6,9-10,16-17H,3-5,7-8,11-15H2,1-2H3. The van der Waals surface area contributed by atoms with Crippen LogP contribution in [-0.4, -0.2) is 47.3 Å². The summed E-state index contributed by atoms with van der Waals surface area (Å²) < 4.78 is 5.83. The van der Waals surface area contributed by atoms with E-state index in [0.29, 0.717) is 18.5 Å². The van der Waals surface area contributed by atoms with Gasteiger partial charge in [-0.2, -0.15) is 0 Å². The second-order valence-electron chi connectivity index (χ2n) is 8.55. The Kier molecular flexibility index (Phi) is 4.91. The van der Waals surface area contributed by atoms with E-state index in [1.807, 2.05) is 12.1 Å². The molecule has 3 heterocycles. The Morgan fingerprint density at radius 2 is 2.00 bits per heavy atom. The summed E-state index contributed by atoms with van der Waals surface area (Å²) in [6, 6.07) is 6.69. The lowest BCUT2D eigenvalue weighted by atomic mass is 9.85. The molecule has 5 nitrogen and oxygen atoms in total. The average molecular weight is 357 g/mol.